The van der Waals surface area contributed by atoms with Gasteiger partial charge in [-0.1, -0.05) is 53.5 Å². The lowest BCUT2D eigenvalue weighted by Gasteiger charge is -2.17. The molecule has 2 aromatic carbocycles. The summed E-state index contributed by atoms with van der Waals surface area (Å²) in [5, 5.41) is 13.9. The molecule has 0 aliphatic rings. The van der Waals surface area contributed by atoms with E-state index in [0.717, 1.165) is 12.1 Å². The molecular formula is C19H12Cl2N2O6. The molecule has 29 heavy (non-hydrogen) atoms. The van der Waals surface area contributed by atoms with Crippen molar-refractivity contribution in [1.82, 2.24) is 0 Å². The number of halogens is 2. The first kappa shape index (κ1) is 20.4. The van der Waals surface area contributed by atoms with Crippen LogP contribution in [0.3, 0.4) is 0 Å². The van der Waals surface area contributed by atoms with Crippen LogP contribution in [0.2, 0.25) is 10.0 Å². The van der Waals surface area contributed by atoms with E-state index in [-0.39, 0.29) is 0 Å². The fourth-order valence-electron chi connectivity index (χ4n) is 2.44. The molecule has 3 aromatic rings. The molecule has 0 aliphatic carbocycles. The number of rotatable bonds is 6. The van der Waals surface area contributed by atoms with Gasteiger partial charge in [0.2, 0.25) is 11.9 Å². The van der Waals surface area contributed by atoms with Crippen LogP contribution in [0.25, 0.3) is 0 Å². The van der Waals surface area contributed by atoms with Crippen molar-refractivity contribution in [2.24, 2.45) is 0 Å². The van der Waals surface area contributed by atoms with Crippen molar-refractivity contribution in [3.63, 3.8) is 0 Å². The molecule has 1 heterocycles. The lowest BCUT2D eigenvalue weighted by Crippen LogP contribution is -2.25. The Labute approximate surface area is 174 Å². The molecule has 1 aromatic heterocycles. The molecule has 0 bridgehead atoms. The maximum Gasteiger partial charge on any atom is 0.433 e. The average molecular weight is 435 g/mol. The molecule has 1 atom stereocenters. The third kappa shape index (κ3) is 5.13. The number of carbonyl (C=O) groups excluding carboxylic acids is 2. The van der Waals surface area contributed by atoms with Crippen LogP contribution >= 0.6 is 23.2 Å². The van der Waals surface area contributed by atoms with Gasteiger partial charge >= 0.3 is 11.9 Å². The monoisotopic (exact) mass is 434 g/mol. The number of hydrogen-bond donors (Lipinski definition) is 1. The van der Waals surface area contributed by atoms with Crippen LogP contribution < -0.4 is 5.32 Å². The third-order valence-corrected chi connectivity index (χ3v) is 4.10. The Morgan fingerprint density at radius 1 is 1.03 bits per heavy atom. The van der Waals surface area contributed by atoms with Crippen molar-refractivity contribution in [3.05, 3.63) is 92.1 Å². The zero-order valence-electron chi connectivity index (χ0n) is 14.5. The standard InChI is InChI=1S/C19H12Cl2N2O6/c20-12-8-13(21)10-14(9-12)22-18(24)17(11-4-2-1-3-5-11)29-19(25)15-6-7-16(28-15)23(26)27/h1-10,17H,(H,22,24). The second-order valence-electron chi connectivity index (χ2n) is 5.74. The number of amides is 1. The van der Waals surface area contributed by atoms with Gasteiger partial charge in [0, 0.05) is 21.3 Å². The minimum Gasteiger partial charge on any atom is -0.441 e. The summed E-state index contributed by atoms with van der Waals surface area (Å²) < 4.78 is 10.1. The summed E-state index contributed by atoms with van der Waals surface area (Å²) in [5.41, 5.74) is 0.686. The van der Waals surface area contributed by atoms with Crippen LogP contribution in [0.15, 0.2) is 65.1 Å². The average Bonchev–Trinajstić information content (AvgIpc) is 3.16. The summed E-state index contributed by atoms with van der Waals surface area (Å²) in [6.45, 7) is 0. The van der Waals surface area contributed by atoms with Crippen molar-refractivity contribution < 1.29 is 23.7 Å². The van der Waals surface area contributed by atoms with E-state index in [4.69, 9.17) is 32.4 Å². The van der Waals surface area contributed by atoms with E-state index in [0.29, 0.717) is 21.3 Å². The van der Waals surface area contributed by atoms with E-state index in [2.05, 4.69) is 5.32 Å². The highest BCUT2D eigenvalue weighted by Crippen LogP contribution is 2.26. The third-order valence-electron chi connectivity index (χ3n) is 3.67. The molecule has 1 unspecified atom stereocenters. The topological polar surface area (TPSA) is 112 Å². The van der Waals surface area contributed by atoms with Crippen molar-refractivity contribution in [3.8, 4) is 0 Å². The lowest BCUT2D eigenvalue weighted by molar-refractivity contribution is -0.402. The molecule has 1 N–H and O–H groups in total. The van der Waals surface area contributed by atoms with Gasteiger partial charge < -0.3 is 14.5 Å². The van der Waals surface area contributed by atoms with E-state index in [9.17, 15) is 19.7 Å². The summed E-state index contributed by atoms with van der Waals surface area (Å²) in [5.74, 6) is -2.74. The number of esters is 1. The van der Waals surface area contributed by atoms with Crippen molar-refractivity contribution in [2.75, 3.05) is 5.32 Å². The lowest BCUT2D eigenvalue weighted by atomic mass is 10.1. The number of furan rings is 1. The Bertz CT molecular complexity index is 1050. The van der Waals surface area contributed by atoms with Crippen LogP contribution in [0.4, 0.5) is 11.6 Å². The molecule has 3 rings (SSSR count). The second-order valence-corrected chi connectivity index (χ2v) is 6.61. The minimum atomic E-state index is -1.36. The van der Waals surface area contributed by atoms with Crippen molar-refractivity contribution in [2.45, 2.75) is 6.10 Å². The largest absolute Gasteiger partial charge is 0.441 e. The number of ether oxygens (including phenoxy) is 1. The first-order chi connectivity index (χ1) is 13.8. The summed E-state index contributed by atoms with van der Waals surface area (Å²) in [7, 11) is 0. The normalized spacial score (nSPS) is 11.5. The zero-order valence-corrected chi connectivity index (χ0v) is 16.0. The number of benzene rings is 2. The fourth-order valence-corrected chi connectivity index (χ4v) is 2.96. The molecule has 148 valence electrons. The van der Waals surface area contributed by atoms with Gasteiger partial charge in [0.25, 0.3) is 5.91 Å². The van der Waals surface area contributed by atoms with Gasteiger partial charge in [-0.25, -0.2) is 4.79 Å². The summed E-state index contributed by atoms with van der Waals surface area (Å²) in [6.07, 6.45) is -1.36. The minimum absolute atomic E-state index is 0.304. The molecule has 0 aliphatic heterocycles. The Balaban J connectivity index is 1.85. The van der Waals surface area contributed by atoms with Crippen molar-refractivity contribution in [1.29, 1.82) is 0 Å². The number of nitrogens with one attached hydrogen (secondary N) is 1. The molecule has 10 heteroatoms. The second kappa shape index (κ2) is 8.76. The van der Waals surface area contributed by atoms with Crippen LogP contribution in [0, 0.1) is 10.1 Å². The number of nitrogens with zero attached hydrogens (tertiary/aromatic N) is 1. The highest BCUT2D eigenvalue weighted by Gasteiger charge is 2.28. The van der Waals surface area contributed by atoms with Gasteiger partial charge in [0.05, 0.1) is 6.07 Å². The van der Waals surface area contributed by atoms with Crippen LogP contribution in [-0.2, 0) is 9.53 Å². The zero-order chi connectivity index (χ0) is 21.0. The van der Waals surface area contributed by atoms with E-state index in [1.54, 1.807) is 30.3 Å². The quantitative estimate of drug-likeness (QED) is 0.330. The van der Waals surface area contributed by atoms with Crippen LogP contribution in [0.1, 0.15) is 22.2 Å². The molecule has 0 fully saturated rings. The Morgan fingerprint density at radius 2 is 1.69 bits per heavy atom. The predicted molar refractivity (Wildman–Crippen MR) is 105 cm³/mol. The van der Waals surface area contributed by atoms with E-state index in [1.165, 1.54) is 18.2 Å². The number of carbonyl (C=O) groups is 2. The molecular weight excluding hydrogens is 423 g/mol. The van der Waals surface area contributed by atoms with Gasteiger partial charge in [-0.15, -0.1) is 0 Å². The van der Waals surface area contributed by atoms with Gasteiger partial charge in [-0.2, -0.15) is 0 Å². The first-order valence-electron chi connectivity index (χ1n) is 8.10. The van der Waals surface area contributed by atoms with Gasteiger partial charge in [-0.05, 0) is 24.3 Å². The van der Waals surface area contributed by atoms with E-state index in [1.807, 2.05) is 0 Å². The molecule has 1 amide bonds. The predicted octanol–water partition coefficient (Wildman–Crippen LogP) is 5.03. The molecule has 0 saturated carbocycles. The van der Waals surface area contributed by atoms with E-state index >= 15 is 0 Å². The van der Waals surface area contributed by atoms with Gasteiger partial charge in [0.15, 0.2) is 0 Å². The Kier molecular flexibility index (Phi) is 6.16. The fraction of sp³-hybridized carbons (Fsp3) is 0.0526. The van der Waals surface area contributed by atoms with Crippen LogP contribution in [0.5, 0.6) is 0 Å². The number of hydrogen-bond acceptors (Lipinski definition) is 6. The highest BCUT2D eigenvalue weighted by atomic mass is 35.5. The Morgan fingerprint density at radius 3 is 2.28 bits per heavy atom. The summed E-state index contributed by atoms with van der Waals surface area (Å²) in [6, 6.07) is 14.8. The van der Waals surface area contributed by atoms with Crippen molar-refractivity contribution >= 4 is 46.6 Å². The number of nitro groups is 1. The van der Waals surface area contributed by atoms with Crippen LogP contribution in [-0.4, -0.2) is 16.8 Å². The molecule has 0 spiro atoms. The molecule has 0 saturated heterocycles. The maximum atomic E-state index is 12.8. The molecule has 0 radical (unpaired) electrons. The summed E-state index contributed by atoms with van der Waals surface area (Å²) >= 11 is 11.9. The smallest absolute Gasteiger partial charge is 0.433 e. The maximum absolute atomic E-state index is 12.8. The SMILES string of the molecule is O=C(OC(C(=O)Nc1cc(Cl)cc(Cl)c1)c1ccccc1)c1ccc([N+](=O)[O-])o1. The summed E-state index contributed by atoms with van der Waals surface area (Å²) in [4.78, 5) is 35.1. The van der Waals surface area contributed by atoms with E-state index < -0.39 is 34.5 Å². The van der Waals surface area contributed by atoms with Gasteiger partial charge in [0.1, 0.15) is 4.92 Å². The number of anilines is 1. The molecule has 8 nitrogen and oxygen atoms in total. The first-order valence-corrected chi connectivity index (χ1v) is 8.86. The highest BCUT2D eigenvalue weighted by molar-refractivity contribution is 6.35. The Hall–Kier alpha value is -3.36. The van der Waals surface area contributed by atoms with Gasteiger partial charge in [-0.3, -0.25) is 14.9 Å².